The van der Waals surface area contributed by atoms with E-state index < -0.39 is 10.0 Å². The van der Waals surface area contributed by atoms with Gasteiger partial charge in [0.1, 0.15) is 10.6 Å². The van der Waals surface area contributed by atoms with E-state index in [0.29, 0.717) is 12.2 Å². The van der Waals surface area contributed by atoms with Gasteiger partial charge in [-0.15, -0.1) is 6.58 Å². The number of amides is 1. The Kier molecular flexibility index (Phi) is 7.79. The van der Waals surface area contributed by atoms with Crippen LogP contribution in [0.2, 0.25) is 5.02 Å². The highest BCUT2D eigenvalue weighted by atomic mass is 35.5. The van der Waals surface area contributed by atoms with Crippen LogP contribution in [-0.2, 0) is 16.6 Å². The second kappa shape index (κ2) is 10.6. The standard InChI is InChI=1S/C25H25ClN2O4S/c1-4-16-28(21-8-6-5-7-9-21)33(30,31)24-17-20(12-15-23(24)26)25(29)27(2)18-19-10-13-22(32-3)14-11-19/h4-15,17H,1,16,18H2,2-3H3. The molecule has 0 fully saturated rings. The van der Waals surface area contributed by atoms with Gasteiger partial charge in [-0.25, -0.2) is 8.42 Å². The van der Waals surface area contributed by atoms with Gasteiger partial charge in [0.2, 0.25) is 0 Å². The van der Waals surface area contributed by atoms with Crippen molar-refractivity contribution < 1.29 is 17.9 Å². The number of methoxy groups -OCH3 is 1. The van der Waals surface area contributed by atoms with E-state index in [0.717, 1.165) is 11.3 Å². The number of sulfonamides is 1. The molecule has 0 atom stereocenters. The van der Waals surface area contributed by atoms with Gasteiger partial charge in [0.25, 0.3) is 15.9 Å². The minimum absolute atomic E-state index is 0.0364. The summed E-state index contributed by atoms with van der Waals surface area (Å²) in [6.45, 7) is 4.07. The fraction of sp³-hybridized carbons (Fsp3) is 0.160. The molecule has 8 heteroatoms. The number of benzene rings is 3. The lowest BCUT2D eigenvalue weighted by atomic mass is 10.1. The van der Waals surface area contributed by atoms with Crippen LogP contribution in [0.1, 0.15) is 15.9 Å². The van der Waals surface area contributed by atoms with Crippen LogP contribution in [-0.4, -0.2) is 39.9 Å². The van der Waals surface area contributed by atoms with E-state index in [9.17, 15) is 13.2 Å². The lowest BCUT2D eigenvalue weighted by Crippen LogP contribution is -2.32. The van der Waals surface area contributed by atoms with Crippen LogP contribution in [0.4, 0.5) is 5.69 Å². The maximum absolute atomic E-state index is 13.5. The van der Waals surface area contributed by atoms with E-state index in [1.54, 1.807) is 44.5 Å². The molecule has 0 aliphatic carbocycles. The van der Waals surface area contributed by atoms with Crippen molar-refractivity contribution in [1.29, 1.82) is 0 Å². The van der Waals surface area contributed by atoms with Crippen LogP contribution in [0.5, 0.6) is 5.75 Å². The first-order valence-electron chi connectivity index (χ1n) is 10.1. The molecule has 0 aliphatic heterocycles. The van der Waals surface area contributed by atoms with Gasteiger partial charge in [-0.3, -0.25) is 9.10 Å². The SMILES string of the molecule is C=CCN(c1ccccc1)S(=O)(=O)c1cc(C(=O)N(C)Cc2ccc(OC)cc2)ccc1Cl. The van der Waals surface area contributed by atoms with Crippen molar-refractivity contribution in [3.05, 3.63) is 102 Å². The highest BCUT2D eigenvalue weighted by molar-refractivity contribution is 7.93. The molecule has 0 spiro atoms. The van der Waals surface area contributed by atoms with E-state index >= 15 is 0 Å². The molecule has 172 valence electrons. The molecule has 3 rings (SSSR count). The van der Waals surface area contributed by atoms with Crippen molar-refractivity contribution in [3.63, 3.8) is 0 Å². The summed E-state index contributed by atoms with van der Waals surface area (Å²) in [6.07, 6.45) is 1.50. The molecule has 6 nitrogen and oxygen atoms in total. The van der Waals surface area contributed by atoms with Crippen LogP contribution in [0.15, 0.2) is 90.3 Å². The Hall–Kier alpha value is -3.29. The van der Waals surface area contributed by atoms with Gasteiger partial charge in [0, 0.05) is 19.2 Å². The topological polar surface area (TPSA) is 66.9 Å². The molecular weight excluding hydrogens is 460 g/mol. The Balaban J connectivity index is 1.91. The van der Waals surface area contributed by atoms with Gasteiger partial charge in [0.15, 0.2) is 0 Å². The van der Waals surface area contributed by atoms with E-state index in [2.05, 4.69) is 6.58 Å². The molecule has 0 unspecified atom stereocenters. The maximum atomic E-state index is 13.5. The van der Waals surface area contributed by atoms with Gasteiger partial charge >= 0.3 is 0 Å². The number of para-hydroxylation sites is 1. The molecule has 0 saturated carbocycles. The third kappa shape index (κ3) is 5.56. The Morgan fingerprint density at radius 3 is 2.33 bits per heavy atom. The third-order valence-corrected chi connectivity index (χ3v) is 7.29. The maximum Gasteiger partial charge on any atom is 0.266 e. The minimum atomic E-state index is -4.05. The molecule has 0 heterocycles. The molecule has 0 aliphatic rings. The smallest absolute Gasteiger partial charge is 0.266 e. The average Bonchev–Trinajstić information content (AvgIpc) is 2.83. The summed E-state index contributed by atoms with van der Waals surface area (Å²) in [5, 5.41) is 0.0364. The summed E-state index contributed by atoms with van der Waals surface area (Å²) in [7, 11) is -0.806. The van der Waals surface area contributed by atoms with Gasteiger partial charge in [-0.1, -0.05) is 48.0 Å². The number of hydrogen-bond acceptors (Lipinski definition) is 4. The molecule has 3 aromatic carbocycles. The molecular formula is C25H25ClN2O4S. The molecule has 0 N–H and O–H groups in total. The quantitative estimate of drug-likeness (QED) is 0.401. The van der Waals surface area contributed by atoms with Crippen molar-refractivity contribution in [2.24, 2.45) is 0 Å². The average molecular weight is 485 g/mol. The van der Waals surface area contributed by atoms with Crippen molar-refractivity contribution in [1.82, 2.24) is 4.90 Å². The fourth-order valence-electron chi connectivity index (χ4n) is 3.30. The lowest BCUT2D eigenvalue weighted by molar-refractivity contribution is 0.0785. The van der Waals surface area contributed by atoms with Gasteiger partial charge in [-0.05, 0) is 48.0 Å². The Labute approximate surface area is 199 Å². The monoisotopic (exact) mass is 484 g/mol. The van der Waals surface area contributed by atoms with E-state index in [4.69, 9.17) is 16.3 Å². The summed E-state index contributed by atoms with van der Waals surface area (Å²) in [6, 6.07) is 20.3. The van der Waals surface area contributed by atoms with Crippen LogP contribution in [0.25, 0.3) is 0 Å². The largest absolute Gasteiger partial charge is 0.497 e. The summed E-state index contributed by atoms with van der Waals surface area (Å²) < 4.78 is 33.4. The number of hydrogen-bond donors (Lipinski definition) is 0. The molecule has 0 aromatic heterocycles. The zero-order valence-corrected chi connectivity index (χ0v) is 20.0. The number of anilines is 1. The van der Waals surface area contributed by atoms with Crippen LogP contribution in [0, 0.1) is 0 Å². The summed E-state index contributed by atoms with van der Waals surface area (Å²) in [5.74, 6) is 0.400. The summed E-state index contributed by atoms with van der Waals surface area (Å²) >= 11 is 6.29. The number of carbonyl (C=O) groups is 1. The van der Waals surface area contributed by atoms with E-state index in [-0.39, 0.29) is 27.9 Å². The number of rotatable bonds is 9. The molecule has 3 aromatic rings. The highest BCUT2D eigenvalue weighted by Gasteiger charge is 2.28. The Morgan fingerprint density at radius 2 is 1.73 bits per heavy atom. The molecule has 33 heavy (non-hydrogen) atoms. The first kappa shape index (κ1) is 24.4. The van der Waals surface area contributed by atoms with Gasteiger partial charge in [-0.2, -0.15) is 0 Å². The summed E-state index contributed by atoms with van der Waals surface area (Å²) in [4.78, 5) is 14.4. The molecule has 0 bridgehead atoms. The second-order valence-electron chi connectivity index (χ2n) is 7.31. The first-order chi connectivity index (χ1) is 15.8. The number of carbonyl (C=O) groups excluding carboxylic acids is 1. The van der Waals surface area contributed by atoms with Crippen LogP contribution < -0.4 is 9.04 Å². The number of nitrogens with zero attached hydrogens (tertiary/aromatic N) is 2. The van der Waals surface area contributed by atoms with Gasteiger partial charge < -0.3 is 9.64 Å². The summed E-state index contributed by atoms with van der Waals surface area (Å²) in [5.41, 5.74) is 1.61. The molecule has 0 saturated heterocycles. The fourth-order valence-corrected chi connectivity index (χ4v) is 5.24. The normalized spacial score (nSPS) is 11.0. The predicted octanol–water partition coefficient (Wildman–Crippen LogP) is 5.00. The Morgan fingerprint density at radius 1 is 1.06 bits per heavy atom. The second-order valence-corrected chi connectivity index (χ2v) is 9.55. The van der Waals surface area contributed by atoms with Crippen molar-refractivity contribution in [2.75, 3.05) is 25.0 Å². The Bertz CT molecular complexity index is 1230. The molecule has 1 amide bonds. The zero-order valence-electron chi connectivity index (χ0n) is 18.4. The van der Waals surface area contributed by atoms with Crippen molar-refractivity contribution >= 4 is 33.2 Å². The van der Waals surface area contributed by atoms with E-state index in [1.165, 1.54) is 33.5 Å². The number of ether oxygens (including phenoxy) is 1. The van der Waals surface area contributed by atoms with Crippen molar-refractivity contribution in [2.45, 2.75) is 11.4 Å². The van der Waals surface area contributed by atoms with Crippen molar-refractivity contribution in [3.8, 4) is 5.75 Å². The third-order valence-electron chi connectivity index (χ3n) is 5.01. The minimum Gasteiger partial charge on any atom is -0.497 e. The van der Waals surface area contributed by atoms with E-state index in [1.807, 2.05) is 24.3 Å². The number of halogens is 1. The predicted molar refractivity (Wildman–Crippen MR) is 131 cm³/mol. The molecule has 0 radical (unpaired) electrons. The lowest BCUT2D eigenvalue weighted by Gasteiger charge is -2.24. The first-order valence-corrected chi connectivity index (χ1v) is 12.0. The van der Waals surface area contributed by atoms with Crippen LogP contribution in [0.3, 0.4) is 0 Å². The highest BCUT2D eigenvalue weighted by Crippen LogP contribution is 2.30. The van der Waals surface area contributed by atoms with Gasteiger partial charge in [0.05, 0.1) is 24.4 Å². The zero-order chi connectivity index (χ0) is 24.0. The van der Waals surface area contributed by atoms with Crippen LogP contribution >= 0.6 is 11.6 Å².